The molecule has 86 valence electrons. The van der Waals surface area contributed by atoms with Gasteiger partial charge in [0.25, 0.3) is 0 Å². The van der Waals surface area contributed by atoms with Gasteiger partial charge in [-0.3, -0.25) is 0 Å². The monoisotopic (exact) mass is 198 g/mol. The van der Waals surface area contributed by atoms with Gasteiger partial charge in [0.15, 0.2) is 0 Å². The number of hydrogen-bond acceptors (Lipinski definition) is 0. The van der Waals surface area contributed by atoms with Crippen LogP contribution >= 0.6 is 0 Å². The molecule has 0 amide bonds. The van der Waals surface area contributed by atoms with Gasteiger partial charge in [-0.1, -0.05) is 73.1 Å². The summed E-state index contributed by atoms with van der Waals surface area (Å²) in [5, 5.41) is 0. The van der Waals surface area contributed by atoms with Crippen molar-refractivity contribution in [3.63, 3.8) is 0 Å². The fraction of sp³-hybridized carbons (Fsp3) is 1.00. The van der Waals surface area contributed by atoms with Gasteiger partial charge in [0.1, 0.15) is 0 Å². The van der Waals surface area contributed by atoms with Crippen LogP contribution in [0, 0.1) is 17.8 Å². The highest BCUT2D eigenvalue weighted by Gasteiger charge is 2.07. The number of rotatable bonds is 8. The first-order chi connectivity index (χ1) is 6.60. The molecular formula is C14H30. The van der Waals surface area contributed by atoms with E-state index in [0.717, 1.165) is 17.8 Å². The van der Waals surface area contributed by atoms with Gasteiger partial charge in [-0.25, -0.2) is 0 Å². The van der Waals surface area contributed by atoms with E-state index in [1.54, 1.807) is 0 Å². The van der Waals surface area contributed by atoms with Crippen LogP contribution in [0.15, 0.2) is 0 Å². The summed E-state index contributed by atoms with van der Waals surface area (Å²) in [4.78, 5) is 0. The lowest BCUT2D eigenvalue weighted by molar-refractivity contribution is 0.369. The van der Waals surface area contributed by atoms with Crippen LogP contribution in [0.25, 0.3) is 0 Å². The molecule has 0 aliphatic rings. The van der Waals surface area contributed by atoms with Gasteiger partial charge < -0.3 is 0 Å². The molecule has 0 N–H and O–H groups in total. The molecule has 0 aliphatic carbocycles. The molecule has 0 aliphatic heterocycles. The first kappa shape index (κ1) is 14.0. The van der Waals surface area contributed by atoms with Crippen LogP contribution in [0.5, 0.6) is 0 Å². The summed E-state index contributed by atoms with van der Waals surface area (Å²) in [6, 6.07) is 0. The van der Waals surface area contributed by atoms with Gasteiger partial charge in [-0.15, -0.1) is 0 Å². The maximum Gasteiger partial charge on any atom is -0.0443 e. The maximum absolute atomic E-state index is 2.42. The van der Waals surface area contributed by atoms with Crippen LogP contribution in [0.4, 0.5) is 0 Å². The van der Waals surface area contributed by atoms with E-state index in [1.165, 1.54) is 38.5 Å². The van der Waals surface area contributed by atoms with Crippen molar-refractivity contribution in [3.05, 3.63) is 0 Å². The second kappa shape index (κ2) is 8.32. The third-order valence-corrected chi connectivity index (χ3v) is 3.70. The van der Waals surface area contributed by atoms with Crippen LogP contribution < -0.4 is 0 Å². The molecule has 0 rings (SSSR count). The highest BCUT2D eigenvalue weighted by atomic mass is 14.1. The molecule has 0 saturated carbocycles. The third kappa shape index (κ3) is 7.41. The molecule has 0 nitrogen and oxygen atoms in total. The summed E-state index contributed by atoms with van der Waals surface area (Å²) in [5.41, 5.74) is 0. The zero-order chi connectivity index (χ0) is 11.0. The lowest BCUT2D eigenvalue weighted by Crippen LogP contribution is -2.02. The molecular weight excluding hydrogens is 168 g/mol. The normalized spacial score (nSPS) is 15.9. The summed E-state index contributed by atoms with van der Waals surface area (Å²) in [6.07, 6.45) is 8.42. The van der Waals surface area contributed by atoms with Gasteiger partial charge in [0.2, 0.25) is 0 Å². The molecule has 0 aromatic rings. The minimum Gasteiger partial charge on any atom is -0.0651 e. The first-order valence-electron chi connectivity index (χ1n) is 6.60. The van der Waals surface area contributed by atoms with Crippen molar-refractivity contribution in [2.75, 3.05) is 0 Å². The SMILES string of the molecule is CC[C@@H](C)CCC(C)CC[C@H](C)CC. The molecule has 0 heteroatoms. The summed E-state index contributed by atoms with van der Waals surface area (Å²) in [7, 11) is 0. The van der Waals surface area contributed by atoms with E-state index < -0.39 is 0 Å². The van der Waals surface area contributed by atoms with Crippen molar-refractivity contribution in [3.8, 4) is 0 Å². The van der Waals surface area contributed by atoms with E-state index in [-0.39, 0.29) is 0 Å². The Labute approximate surface area is 91.5 Å². The van der Waals surface area contributed by atoms with Gasteiger partial charge in [-0.2, -0.15) is 0 Å². The van der Waals surface area contributed by atoms with Gasteiger partial charge in [0, 0.05) is 0 Å². The molecule has 0 saturated heterocycles. The highest BCUT2D eigenvalue weighted by Crippen LogP contribution is 2.21. The van der Waals surface area contributed by atoms with Gasteiger partial charge in [-0.05, 0) is 17.8 Å². The summed E-state index contributed by atoms with van der Waals surface area (Å²) < 4.78 is 0. The second-order valence-corrected chi connectivity index (χ2v) is 5.29. The highest BCUT2D eigenvalue weighted by molar-refractivity contribution is 4.59. The summed E-state index contributed by atoms with van der Waals surface area (Å²) in [5.74, 6) is 2.81. The van der Waals surface area contributed by atoms with Crippen molar-refractivity contribution in [1.82, 2.24) is 0 Å². The van der Waals surface area contributed by atoms with Crippen LogP contribution in [0.3, 0.4) is 0 Å². The van der Waals surface area contributed by atoms with E-state index in [4.69, 9.17) is 0 Å². The lowest BCUT2D eigenvalue weighted by Gasteiger charge is -2.16. The zero-order valence-electron chi connectivity index (χ0n) is 11.0. The second-order valence-electron chi connectivity index (χ2n) is 5.29. The van der Waals surface area contributed by atoms with E-state index in [2.05, 4.69) is 34.6 Å². The fourth-order valence-electron chi connectivity index (χ4n) is 1.69. The molecule has 0 heterocycles. The average Bonchev–Trinajstić information content (AvgIpc) is 2.22. The van der Waals surface area contributed by atoms with Crippen LogP contribution in [0.1, 0.15) is 73.1 Å². The van der Waals surface area contributed by atoms with Crippen LogP contribution in [-0.2, 0) is 0 Å². The van der Waals surface area contributed by atoms with Crippen LogP contribution in [0.2, 0.25) is 0 Å². The molecule has 0 spiro atoms. The first-order valence-corrected chi connectivity index (χ1v) is 6.60. The van der Waals surface area contributed by atoms with E-state index in [1.807, 2.05) is 0 Å². The Morgan fingerprint density at radius 2 is 0.857 bits per heavy atom. The maximum atomic E-state index is 2.42. The Morgan fingerprint density at radius 1 is 0.571 bits per heavy atom. The quantitative estimate of drug-likeness (QED) is 0.498. The smallest absolute Gasteiger partial charge is 0.0443 e. The van der Waals surface area contributed by atoms with Gasteiger partial charge in [0.05, 0.1) is 0 Å². The topological polar surface area (TPSA) is 0 Å². The Hall–Kier alpha value is 0. The Balaban J connectivity index is 3.40. The average molecular weight is 198 g/mol. The predicted octanol–water partition coefficient (Wildman–Crippen LogP) is 5.28. The predicted molar refractivity (Wildman–Crippen MR) is 66.5 cm³/mol. The van der Waals surface area contributed by atoms with Crippen molar-refractivity contribution in [2.24, 2.45) is 17.8 Å². The largest absolute Gasteiger partial charge is 0.0651 e. The van der Waals surface area contributed by atoms with E-state index in [0.29, 0.717) is 0 Å². The van der Waals surface area contributed by atoms with E-state index in [9.17, 15) is 0 Å². The molecule has 0 bridgehead atoms. The Kier molecular flexibility index (Phi) is 8.32. The molecule has 0 radical (unpaired) electrons. The van der Waals surface area contributed by atoms with Crippen molar-refractivity contribution < 1.29 is 0 Å². The molecule has 14 heavy (non-hydrogen) atoms. The molecule has 0 unspecified atom stereocenters. The Morgan fingerprint density at radius 3 is 1.14 bits per heavy atom. The van der Waals surface area contributed by atoms with Crippen LogP contribution in [-0.4, -0.2) is 0 Å². The van der Waals surface area contributed by atoms with Gasteiger partial charge >= 0.3 is 0 Å². The lowest BCUT2D eigenvalue weighted by atomic mass is 9.90. The van der Waals surface area contributed by atoms with E-state index >= 15 is 0 Å². The molecule has 0 fully saturated rings. The minimum atomic E-state index is 0.932. The number of hydrogen-bond donors (Lipinski definition) is 0. The third-order valence-electron chi connectivity index (χ3n) is 3.70. The standard InChI is InChI=1S/C14H30/c1-6-12(3)8-10-14(5)11-9-13(4)7-2/h12-14H,6-11H2,1-5H3/t12-,13-/m1/s1. The van der Waals surface area contributed by atoms with Crippen molar-refractivity contribution in [2.45, 2.75) is 73.1 Å². The summed E-state index contributed by atoms with van der Waals surface area (Å²) >= 11 is 0. The zero-order valence-corrected chi connectivity index (χ0v) is 11.0. The minimum absolute atomic E-state index is 0.932. The van der Waals surface area contributed by atoms with Crippen molar-refractivity contribution >= 4 is 0 Å². The summed E-state index contributed by atoms with van der Waals surface area (Å²) in [6.45, 7) is 11.8. The van der Waals surface area contributed by atoms with Crippen molar-refractivity contribution in [1.29, 1.82) is 0 Å². The molecule has 0 aromatic carbocycles. The molecule has 2 atom stereocenters. The molecule has 0 aromatic heterocycles. The fourth-order valence-corrected chi connectivity index (χ4v) is 1.69. The Bertz CT molecular complexity index is 103.